The summed E-state index contributed by atoms with van der Waals surface area (Å²) in [5, 5.41) is 0.932. The molecule has 5 rings (SSSR count). The van der Waals surface area contributed by atoms with Crippen LogP contribution in [0.4, 0.5) is 5.69 Å². The van der Waals surface area contributed by atoms with Crippen LogP contribution in [0.25, 0.3) is 10.2 Å². The molecule has 3 aromatic carbocycles. The van der Waals surface area contributed by atoms with Crippen LogP contribution in [0.5, 0.6) is 0 Å². The molecule has 0 N–H and O–H groups in total. The SMILES string of the molecule is CN(c1ccccc1)S(=O)(=O)c1cccc(C(=O)N2CCCCC2c2nc3ccccc3s2)c1. The number of carbonyl (C=O) groups excluding carboxylic acids is 1. The van der Waals surface area contributed by atoms with Gasteiger partial charge in [-0.1, -0.05) is 36.4 Å². The molecule has 1 fully saturated rings. The van der Waals surface area contributed by atoms with Crippen molar-refractivity contribution < 1.29 is 13.2 Å². The van der Waals surface area contributed by atoms with Crippen LogP contribution in [0.2, 0.25) is 0 Å². The van der Waals surface area contributed by atoms with Gasteiger partial charge in [0.05, 0.1) is 26.8 Å². The van der Waals surface area contributed by atoms with E-state index in [0.29, 0.717) is 17.8 Å². The van der Waals surface area contributed by atoms with Gasteiger partial charge in [-0.3, -0.25) is 9.10 Å². The number of thiazole rings is 1. The fourth-order valence-corrected chi connectivity index (χ4v) is 6.71. The third kappa shape index (κ3) is 4.19. The van der Waals surface area contributed by atoms with Crippen LogP contribution in [0.15, 0.2) is 83.8 Å². The number of para-hydroxylation sites is 2. The molecular formula is C26H25N3O3S2. The van der Waals surface area contributed by atoms with Gasteiger partial charge in [0, 0.05) is 19.2 Å². The summed E-state index contributed by atoms with van der Waals surface area (Å²) in [6, 6.07) is 23.1. The molecule has 0 spiro atoms. The van der Waals surface area contributed by atoms with Crippen molar-refractivity contribution in [3.05, 3.63) is 89.4 Å². The highest BCUT2D eigenvalue weighted by molar-refractivity contribution is 7.92. The number of fused-ring (bicyclic) bond motifs is 1. The summed E-state index contributed by atoms with van der Waals surface area (Å²) >= 11 is 1.62. The van der Waals surface area contributed by atoms with E-state index in [4.69, 9.17) is 4.98 Å². The number of amides is 1. The Labute approximate surface area is 203 Å². The van der Waals surface area contributed by atoms with Crippen LogP contribution in [0, 0.1) is 0 Å². The minimum Gasteiger partial charge on any atom is -0.329 e. The maximum Gasteiger partial charge on any atom is 0.264 e. The highest BCUT2D eigenvalue weighted by Gasteiger charge is 2.32. The van der Waals surface area contributed by atoms with E-state index in [1.54, 1.807) is 47.7 Å². The summed E-state index contributed by atoms with van der Waals surface area (Å²) in [5.41, 5.74) is 1.87. The van der Waals surface area contributed by atoms with Gasteiger partial charge in [-0.25, -0.2) is 13.4 Å². The lowest BCUT2D eigenvalue weighted by Gasteiger charge is -2.34. The molecule has 0 radical (unpaired) electrons. The van der Waals surface area contributed by atoms with Gasteiger partial charge in [0.25, 0.3) is 15.9 Å². The first-order valence-electron chi connectivity index (χ1n) is 11.3. The number of rotatable bonds is 5. The first-order chi connectivity index (χ1) is 16.4. The summed E-state index contributed by atoms with van der Waals surface area (Å²) in [7, 11) is -2.29. The number of piperidine rings is 1. The minimum absolute atomic E-state index is 0.0956. The molecule has 1 atom stereocenters. The van der Waals surface area contributed by atoms with Crippen molar-refractivity contribution in [1.82, 2.24) is 9.88 Å². The Hall–Kier alpha value is -3.23. The van der Waals surface area contributed by atoms with Crippen molar-refractivity contribution >= 4 is 43.2 Å². The molecule has 1 saturated heterocycles. The number of nitrogens with zero attached hydrogens (tertiary/aromatic N) is 3. The average Bonchev–Trinajstić information content (AvgIpc) is 3.32. The Bertz CT molecular complexity index is 1400. The standard InChI is InChI=1S/C26H25N3O3S2/c1-28(20-11-3-2-4-12-20)34(31,32)21-13-9-10-19(18-21)26(30)29-17-8-7-15-23(29)25-27-22-14-5-6-16-24(22)33-25/h2-6,9-14,16,18,23H,7-8,15,17H2,1H3. The third-order valence-electron chi connectivity index (χ3n) is 6.22. The second kappa shape index (κ2) is 9.19. The van der Waals surface area contributed by atoms with Crippen LogP contribution < -0.4 is 4.31 Å². The topological polar surface area (TPSA) is 70.6 Å². The van der Waals surface area contributed by atoms with E-state index in [2.05, 4.69) is 0 Å². The van der Waals surface area contributed by atoms with Crippen LogP contribution >= 0.6 is 11.3 Å². The highest BCUT2D eigenvalue weighted by atomic mass is 32.2. The minimum atomic E-state index is -3.81. The lowest BCUT2D eigenvalue weighted by molar-refractivity contribution is 0.0611. The van der Waals surface area contributed by atoms with Crippen molar-refractivity contribution in [3.63, 3.8) is 0 Å². The van der Waals surface area contributed by atoms with Crippen molar-refractivity contribution in [1.29, 1.82) is 0 Å². The van der Waals surface area contributed by atoms with Crippen molar-refractivity contribution in [2.24, 2.45) is 0 Å². The molecule has 8 heteroatoms. The molecule has 34 heavy (non-hydrogen) atoms. The summed E-state index contributed by atoms with van der Waals surface area (Å²) < 4.78 is 28.9. The number of hydrogen-bond acceptors (Lipinski definition) is 5. The van der Waals surface area contributed by atoms with Gasteiger partial charge in [0.15, 0.2) is 0 Å². The third-order valence-corrected chi connectivity index (χ3v) is 9.14. The highest BCUT2D eigenvalue weighted by Crippen LogP contribution is 2.36. The predicted octanol–water partition coefficient (Wildman–Crippen LogP) is 5.49. The molecule has 1 unspecified atom stereocenters. The Kier molecular flexibility index (Phi) is 6.10. The van der Waals surface area contributed by atoms with Crippen molar-refractivity contribution in [2.75, 3.05) is 17.9 Å². The smallest absolute Gasteiger partial charge is 0.264 e. The number of likely N-dealkylation sites (tertiary alicyclic amines) is 1. The quantitative estimate of drug-likeness (QED) is 0.370. The zero-order valence-electron chi connectivity index (χ0n) is 18.8. The van der Waals surface area contributed by atoms with E-state index in [1.165, 1.54) is 23.5 Å². The van der Waals surface area contributed by atoms with Crippen LogP contribution in [-0.2, 0) is 10.0 Å². The molecule has 174 valence electrons. The van der Waals surface area contributed by atoms with Gasteiger partial charge < -0.3 is 4.90 Å². The number of hydrogen-bond donors (Lipinski definition) is 0. The zero-order valence-corrected chi connectivity index (χ0v) is 20.4. The lowest BCUT2D eigenvalue weighted by atomic mass is 10.0. The Balaban J connectivity index is 1.45. The molecule has 1 aliphatic heterocycles. The molecule has 4 aromatic rings. The van der Waals surface area contributed by atoms with E-state index in [9.17, 15) is 13.2 Å². The molecule has 0 bridgehead atoms. The van der Waals surface area contributed by atoms with E-state index in [0.717, 1.165) is 34.5 Å². The molecular weight excluding hydrogens is 466 g/mol. The second-order valence-electron chi connectivity index (χ2n) is 8.37. The van der Waals surface area contributed by atoms with E-state index < -0.39 is 10.0 Å². The number of anilines is 1. The Morgan fingerprint density at radius 1 is 1.00 bits per heavy atom. The Morgan fingerprint density at radius 3 is 2.56 bits per heavy atom. The fraction of sp³-hybridized carbons (Fsp3) is 0.231. The van der Waals surface area contributed by atoms with Crippen molar-refractivity contribution in [3.8, 4) is 0 Å². The van der Waals surface area contributed by atoms with Gasteiger partial charge in [-0.2, -0.15) is 0 Å². The van der Waals surface area contributed by atoms with Gasteiger partial charge >= 0.3 is 0 Å². The van der Waals surface area contributed by atoms with Gasteiger partial charge in [-0.15, -0.1) is 11.3 Å². The van der Waals surface area contributed by atoms with E-state index in [1.807, 2.05) is 35.2 Å². The van der Waals surface area contributed by atoms with Crippen molar-refractivity contribution in [2.45, 2.75) is 30.2 Å². The average molecular weight is 492 g/mol. The summed E-state index contributed by atoms with van der Waals surface area (Å²) in [6.07, 6.45) is 2.79. The zero-order chi connectivity index (χ0) is 23.7. The number of aromatic nitrogens is 1. The summed E-state index contributed by atoms with van der Waals surface area (Å²) in [5.74, 6) is -0.164. The predicted molar refractivity (Wildman–Crippen MR) is 136 cm³/mol. The van der Waals surface area contributed by atoms with E-state index in [-0.39, 0.29) is 16.8 Å². The number of benzene rings is 3. The first-order valence-corrected chi connectivity index (χ1v) is 13.5. The molecule has 0 saturated carbocycles. The molecule has 6 nitrogen and oxygen atoms in total. The maximum atomic E-state index is 13.6. The molecule has 2 heterocycles. The van der Waals surface area contributed by atoms with Crippen LogP contribution in [0.3, 0.4) is 0 Å². The second-order valence-corrected chi connectivity index (χ2v) is 11.4. The summed E-state index contributed by atoms with van der Waals surface area (Å²) in [4.78, 5) is 20.4. The van der Waals surface area contributed by atoms with Gasteiger partial charge in [0.1, 0.15) is 5.01 Å². The maximum absolute atomic E-state index is 13.6. The van der Waals surface area contributed by atoms with Gasteiger partial charge in [-0.05, 0) is 61.7 Å². The molecule has 1 aromatic heterocycles. The fourth-order valence-electron chi connectivity index (χ4n) is 4.35. The number of carbonyl (C=O) groups is 1. The first kappa shape index (κ1) is 22.6. The summed E-state index contributed by atoms with van der Waals surface area (Å²) in [6.45, 7) is 0.625. The number of sulfonamides is 1. The normalized spacial score (nSPS) is 16.5. The molecule has 1 amide bonds. The Morgan fingerprint density at radius 2 is 1.76 bits per heavy atom. The van der Waals surface area contributed by atoms with Gasteiger partial charge in [0.2, 0.25) is 0 Å². The van der Waals surface area contributed by atoms with E-state index >= 15 is 0 Å². The molecule has 1 aliphatic rings. The largest absolute Gasteiger partial charge is 0.329 e. The lowest BCUT2D eigenvalue weighted by Crippen LogP contribution is -2.38. The van der Waals surface area contributed by atoms with Crippen LogP contribution in [-0.4, -0.2) is 37.8 Å². The monoisotopic (exact) mass is 491 g/mol. The molecule has 0 aliphatic carbocycles. The van der Waals surface area contributed by atoms with Crippen LogP contribution in [0.1, 0.15) is 40.7 Å².